The van der Waals surface area contributed by atoms with E-state index in [1.54, 1.807) is 0 Å². The van der Waals surface area contributed by atoms with Crippen LogP contribution >= 0.6 is 0 Å². The number of hydrogen-bond acceptors (Lipinski definition) is 0. The van der Waals surface area contributed by atoms with Crippen molar-refractivity contribution in [3.63, 3.8) is 0 Å². The molecule has 0 fully saturated rings. The van der Waals surface area contributed by atoms with E-state index in [0.717, 1.165) is 0 Å². The summed E-state index contributed by atoms with van der Waals surface area (Å²) in [6.07, 6.45) is 0. The van der Waals surface area contributed by atoms with Gasteiger partial charge in [-0.1, -0.05) is 0 Å². The summed E-state index contributed by atoms with van der Waals surface area (Å²) in [4.78, 5) is 0. The quantitative estimate of drug-likeness (QED) is 0.451. The van der Waals surface area contributed by atoms with Crippen molar-refractivity contribution < 1.29 is 55.0 Å². The second-order valence-electron chi connectivity index (χ2n) is 0. The van der Waals surface area contributed by atoms with Gasteiger partial charge in [0.15, 0.2) is 0 Å². The van der Waals surface area contributed by atoms with Gasteiger partial charge in [0.2, 0.25) is 0 Å². The van der Waals surface area contributed by atoms with Crippen LogP contribution in [-0.4, -0.2) is 5.48 Å². The van der Waals surface area contributed by atoms with Gasteiger partial charge in [-0.2, -0.15) is 0 Å². The zero-order valence-corrected chi connectivity index (χ0v) is 4.41. The van der Waals surface area contributed by atoms with Crippen LogP contribution in [-0.2, 0) is 49.5 Å². The maximum Gasteiger partial charge on any atom is 0 e. The Kier molecular flexibility index (Phi) is 327. The Bertz CT molecular complexity index is 3.25. The van der Waals surface area contributed by atoms with E-state index in [2.05, 4.69) is 0 Å². The molecule has 2 N–H and O–H groups in total. The van der Waals surface area contributed by atoms with Crippen molar-refractivity contribution >= 4 is 0 Å². The first kappa shape index (κ1) is 51.7. The van der Waals surface area contributed by atoms with E-state index in [1.807, 2.05) is 0 Å². The van der Waals surface area contributed by atoms with Crippen molar-refractivity contribution in [3.8, 4) is 0 Å². The normalized spacial score (nSPS) is 0. The predicted octanol–water partition coefficient (Wildman–Crippen LogP) is -0.832. The predicted molar refractivity (Wildman–Crippen MR) is 3.61 cm³/mol. The molecule has 1 nitrogen and oxygen atoms in total. The molecule has 0 aromatic carbocycles. The van der Waals surface area contributed by atoms with Gasteiger partial charge in [-0.25, -0.2) is 0 Å². The first-order valence-corrected chi connectivity index (χ1v) is 0. The molecule has 0 aliphatic carbocycles. The molecule has 0 saturated heterocycles. The van der Waals surface area contributed by atoms with Gasteiger partial charge in [0.1, 0.15) is 0 Å². The minimum absolute atomic E-state index is 0. The van der Waals surface area contributed by atoms with Crippen molar-refractivity contribution in [2.24, 2.45) is 0 Å². The van der Waals surface area contributed by atoms with Crippen molar-refractivity contribution in [1.29, 1.82) is 0 Å². The Morgan fingerprint density at radius 3 is 0.500 bits per heavy atom. The van der Waals surface area contributed by atoms with E-state index < -0.39 is 0 Å². The molecule has 4 heteroatoms. The molecule has 38 valence electrons. The zero-order valence-electron chi connectivity index (χ0n) is 1.45. The molecule has 0 atom stereocenters. The monoisotopic (exact) mass is 192 g/mol. The fourth-order valence-electron chi connectivity index (χ4n) is 0. The van der Waals surface area contributed by atoms with Crippen molar-refractivity contribution in [1.82, 2.24) is 0 Å². The summed E-state index contributed by atoms with van der Waals surface area (Å²) in [6.45, 7) is 0. The van der Waals surface area contributed by atoms with Crippen LogP contribution < -0.4 is 0 Å². The summed E-state index contributed by atoms with van der Waals surface area (Å²) < 4.78 is 0. The Morgan fingerprint density at radius 1 is 0.500 bits per heavy atom. The van der Waals surface area contributed by atoms with Gasteiger partial charge in [0, 0.05) is 49.5 Å². The molecule has 0 saturated carbocycles. The minimum atomic E-state index is 0. The fourth-order valence-corrected chi connectivity index (χ4v) is 0. The van der Waals surface area contributed by atoms with Crippen LogP contribution in [0.25, 0.3) is 0 Å². The summed E-state index contributed by atoms with van der Waals surface area (Å²) in [5.41, 5.74) is 0. The molecule has 0 heterocycles. The van der Waals surface area contributed by atoms with Gasteiger partial charge in [-0.3, -0.25) is 0 Å². The summed E-state index contributed by atoms with van der Waals surface area (Å²) in [5, 5.41) is 0. The standard InChI is InChI=1S/3Ni.H2O/h;;;1H2. The van der Waals surface area contributed by atoms with Gasteiger partial charge in [0.05, 0.1) is 0 Å². The molecular formula is H2Ni3O. The molecule has 0 bridgehead atoms. The van der Waals surface area contributed by atoms with Crippen LogP contribution in [0.2, 0.25) is 0 Å². The molecule has 0 spiro atoms. The van der Waals surface area contributed by atoms with Crippen molar-refractivity contribution in [2.75, 3.05) is 0 Å². The molecule has 0 unspecified atom stereocenters. The van der Waals surface area contributed by atoms with Crippen LogP contribution in [0.4, 0.5) is 0 Å². The third-order valence-corrected chi connectivity index (χ3v) is 0. The van der Waals surface area contributed by atoms with Gasteiger partial charge >= 0.3 is 0 Å². The van der Waals surface area contributed by atoms with Crippen LogP contribution in [0, 0.1) is 0 Å². The molecule has 0 aliphatic heterocycles. The SMILES string of the molecule is O.[Ni].[Ni].[Ni]. The first-order valence-electron chi connectivity index (χ1n) is 0. The molecule has 0 aromatic heterocycles. The van der Waals surface area contributed by atoms with E-state index in [4.69, 9.17) is 0 Å². The molecule has 0 rings (SSSR count). The molecule has 0 amide bonds. The third-order valence-electron chi connectivity index (χ3n) is 0. The summed E-state index contributed by atoms with van der Waals surface area (Å²) in [7, 11) is 0. The van der Waals surface area contributed by atoms with Crippen LogP contribution in [0.1, 0.15) is 0 Å². The van der Waals surface area contributed by atoms with E-state index in [0.29, 0.717) is 0 Å². The minimum Gasteiger partial charge on any atom is -0.412 e. The zero-order chi connectivity index (χ0) is 0. The van der Waals surface area contributed by atoms with Gasteiger partial charge < -0.3 is 5.48 Å². The second kappa shape index (κ2) is 25.3. The van der Waals surface area contributed by atoms with Crippen LogP contribution in [0.3, 0.4) is 0 Å². The summed E-state index contributed by atoms with van der Waals surface area (Å²) in [6, 6.07) is 0. The van der Waals surface area contributed by atoms with Gasteiger partial charge in [-0.15, -0.1) is 0 Å². The van der Waals surface area contributed by atoms with Gasteiger partial charge in [0.25, 0.3) is 0 Å². The molecule has 0 aromatic rings. The average Bonchev–Trinajstić information content (AvgIpc) is 0. The fraction of sp³-hybridized carbons (Fsp3) is 0. The largest absolute Gasteiger partial charge is 0.412 e. The molecule has 0 radical (unpaired) electrons. The second-order valence-corrected chi connectivity index (χ2v) is 0. The van der Waals surface area contributed by atoms with E-state index >= 15 is 0 Å². The maximum absolute atomic E-state index is 0. The molecule has 4 heavy (non-hydrogen) atoms. The molecule has 0 aliphatic rings. The first-order chi connectivity index (χ1) is 0. The average molecular weight is 194 g/mol. The number of rotatable bonds is 0. The topological polar surface area (TPSA) is 31.5 Å². The maximum atomic E-state index is 0. The third kappa shape index (κ3) is 9.88. The summed E-state index contributed by atoms with van der Waals surface area (Å²) >= 11 is 0. The van der Waals surface area contributed by atoms with Gasteiger partial charge in [-0.05, 0) is 0 Å². The van der Waals surface area contributed by atoms with Crippen molar-refractivity contribution in [2.45, 2.75) is 0 Å². The Labute approximate surface area is 55.0 Å². The molecular weight excluding hydrogens is 192 g/mol. The van der Waals surface area contributed by atoms with Crippen LogP contribution in [0.15, 0.2) is 0 Å². The van der Waals surface area contributed by atoms with E-state index in [-0.39, 0.29) is 55.0 Å². The smallest absolute Gasteiger partial charge is 0 e. The Hall–Kier alpha value is 1.44. The van der Waals surface area contributed by atoms with E-state index in [1.165, 1.54) is 0 Å². The Balaban J connectivity index is 0. The Morgan fingerprint density at radius 2 is 0.500 bits per heavy atom. The van der Waals surface area contributed by atoms with Crippen LogP contribution in [0.5, 0.6) is 0 Å². The van der Waals surface area contributed by atoms with E-state index in [9.17, 15) is 0 Å². The number of hydrogen-bond donors (Lipinski definition) is 0. The van der Waals surface area contributed by atoms with Crippen molar-refractivity contribution in [3.05, 3.63) is 0 Å². The summed E-state index contributed by atoms with van der Waals surface area (Å²) in [5.74, 6) is 0.